The lowest BCUT2D eigenvalue weighted by Crippen LogP contribution is -2.44. The highest BCUT2D eigenvalue weighted by molar-refractivity contribution is 5.98. The summed E-state index contributed by atoms with van der Waals surface area (Å²) in [6.45, 7) is 1.90. The van der Waals surface area contributed by atoms with Crippen LogP contribution in [0.5, 0.6) is 17.2 Å². The number of carbonyl (C=O) groups is 2. The maximum Gasteiger partial charge on any atom is 0.252 e. The van der Waals surface area contributed by atoms with E-state index in [0.717, 1.165) is 11.3 Å². The molecule has 168 valence electrons. The second-order valence-electron chi connectivity index (χ2n) is 6.96. The van der Waals surface area contributed by atoms with Gasteiger partial charge in [-0.1, -0.05) is 18.2 Å². The lowest BCUT2D eigenvalue weighted by atomic mass is 10.1. The maximum atomic E-state index is 12.7. The van der Waals surface area contributed by atoms with Gasteiger partial charge < -0.3 is 24.8 Å². The number of nitrogens with one attached hydrogen (secondary N) is 2. The van der Waals surface area contributed by atoms with Crippen molar-refractivity contribution in [3.63, 3.8) is 0 Å². The summed E-state index contributed by atoms with van der Waals surface area (Å²) in [5.41, 5.74) is 2.05. The first-order chi connectivity index (χ1) is 15.5. The van der Waals surface area contributed by atoms with Crippen LogP contribution in [-0.4, -0.2) is 49.0 Å². The molecule has 1 atom stereocenters. The minimum Gasteiger partial charge on any atom is -0.493 e. The Hall–Kier alpha value is -4.01. The molecule has 0 bridgehead atoms. The fraction of sp³-hybridized carbons (Fsp3) is 0.261. The highest BCUT2D eigenvalue weighted by Crippen LogP contribution is 2.38. The Morgan fingerprint density at radius 3 is 2.28 bits per heavy atom. The molecule has 32 heavy (non-hydrogen) atoms. The number of methoxy groups -OCH3 is 3. The third-order valence-electron chi connectivity index (χ3n) is 4.79. The molecule has 0 unspecified atom stereocenters. The van der Waals surface area contributed by atoms with Gasteiger partial charge in [0.15, 0.2) is 11.5 Å². The summed E-state index contributed by atoms with van der Waals surface area (Å²) >= 11 is 0. The molecule has 3 aromatic rings. The van der Waals surface area contributed by atoms with E-state index in [2.05, 4.69) is 15.7 Å². The van der Waals surface area contributed by atoms with Crippen molar-refractivity contribution in [2.45, 2.75) is 19.5 Å². The normalized spacial score (nSPS) is 11.4. The number of hydrogen-bond donors (Lipinski definition) is 2. The number of nitrogens with zero attached hydrogens (tertiary/aromatic N) is 2. The predicted octanol–water partition coefficient (Wildman–Crippen LogP) is 2.33. The van der Waals surface area contributed by atoms with E-state index in [1.54, 1.807) is 17.8 Å². The van der Waals surface area contributed by atoms with Crippen molar-refractivity contribution < 1.29 is 23.8 Å². The second kappa shape index (κ2) is 10.3. The summed E-state index contributed by atoms with van der Waals surface area (Å²) in [5.74, 6) is 0.324. The van der Waals surface area contributed by atoms with E-state index in [0.29, 0.717) is 17.2 Å². The van der Waals surface area contributed by atoms with E-state index < -0.39 is 11.9 Å². The highest BCUT2D eigenvalue weighted by Gasteiger charge is 2.20. The molecule has 0 radical (unpaired) electrons. The smallest absolute Gasteiger partial charge is 0.252 e. The van der Waals surface area contributed by atoms with Gasteiger partial charge in [0.1, 0.15) is 6.04 Å². The average Bonchev–Trinajstić information content (AvgIpc) is 3.31. The summed E-state index contributed by atoms with van der Waals surface area (Å²) in [7, 11) is 4.42. The molecule has 0 fully saturated rings. The first-order valence-corrected chi connectivity index (χ1v) is 9.94. The Morgan fingerprint density at radius 2 is 1.69 bits per heavy atom. The average molecular weight is 438 g/mol. The fourth-order valence-corrected chi connectivity index (χ4v) is 3.07. The van der Waals surface area contributed by atoms with Crippen LogP contribution in [0.2, 0.25) is 0 Å². The highest BCUT2D eigenvalue weighted by atomic mass is 16.5. The van der Waals surface area contributed by atoms with Crippen molar-refractivity contribution in [3.05, 3.63) is 66.0 Å². The van der Waals surface area contributed by atoms with Gasteiger partial charge in [-0.05, 0) is 31.2 Å². The molecule has 9 heteroatoms. The van der Waals surface area contributed by atoms with Crippen LogP contribution < -0.4 is 24.8 Å². The number of amides is 2. The van der Waals surface area contributed by atoms with Crippen LogP contribution in [0, 0.1) is 0 Å². The Kier molecular flexibility index (Phi) is 7.33. The molecule has 1 aromatic heterocycles. The Bertz CT molecular complexity index is 1060. The van der Waals surface area contributed by atoms with E-state index in [-0.39, 0.29) is 18.0 Å². The minimum atomic E-state index is -0.759. The Morgan fingerprint density at radius 1 is 1.03 bits per heavy atom. The number of para-hydroxylation sites is 1. The number of benzene rings is 2. The van der Waals surface area contributed by atoms with E-state index in [1.807, 2.05) is 36.5 Å². The standard InChI is InChI=1S/C23H26N4O5/c1-15(26-23(29)17-10-19(30-2)21(32-4)20(11-17)31-3)22(28)24-12-16-13-25-27(14-16)18-8-6-5-7-9-18/h5-11,13-15H,12H2,1-4H3,(H,24,28)(H,26,29)/t15-/m0/s1. The largest absolute Gasteiger partial charge is 0.493 e. The SMILES string of the molecule is COc1cc(C(=O)N[C@@H](C)C(=O)NCc2cnn(-c3ccccc3)c2)cc(OC)c1OC. The monoisotopic (exact) mass is 438 g/mol. The van der Waals surface area contributed by atoms with Crippen LogP contribution in [0.4, 0.5) is 0 Å². The van der Waals surface area contributed by atoms with Crippen LogP contribution in [-0.2, 0) is 11.3 Å². The fourth-order valence-electron chi connectivity index (χ4n) is 3.07. The van der Waals surface area contributed by atoms with Gasteiger partial charge in [-0.15, -0.1) is 0 Å². The number of ether oxygens (including phenoxy) is 3. The zero-order valence-corrected chi connectivity index (χ0v) is 18.4. The minimum absolute atomic E-state index is 0.281. The Labute approximate surface area is 186 Å². The molecule has 0 aliphatic rings. The molecular weight excluding hydrogens is 412 g/mol. The molecule has 0 aliphatic heterocycles. The molecular formula is C23H26N4O5. The summed E-state index contributed by atoms with van der Waals surface area (Å²) < 4.78 is 17.5. The summed E-state index contributed by atoms with van der Waals surface area (Å²) in [6, 6.07) is 12.0. The molecule has 2 aromatic carbocycles. The molecule has 2 amide bonds. The quantitative estimate of drug-likeness (QED) is 0.532. The van der Waals surface area contributed by atoms with E-state index in [9.17, 15) is 9.59 Å². The zero-order valence-electron chi connectivity index (χ0n) is 18.4. The van der Waals surface area contributed by atoms with Gasteiger partial charge in [-0.25, -0.2) is 4.68 Å². The van der Waals surface area contributed by atoms with Crippen molar-refractivity contribution >= 4 is 11.8 Å². The molecule has 9 nitrogen and oxygen atoms in total. The van der Waals surface area contributed by atoms with Crippen molar-refractivity contribution in [3.8, 4) is 22.9 Å². The third-order valence-corrected chi connectivity index (χ3v) is 4.79. The van der Waals surface area contributed by atoms with Gasteiger partial charge in [-0.3, -0.25) is 9.59 Å². The molecule has 0 saturated carbocycles. The number of hydrogen-bond acceptors (Lipinski definition) is 6. The molecule has 0 spiro atoms. The second-order valence-corrected chi connectivity index (χ2v) is 6.96. The molecule has 0 saturated heterocycles. The van der Waals surface area contributed by atoms with E-state index in [4.69, 9.17) is 14.2 Å². The van der Waals surface area contributed by atoms with Gasteiger partial charge in [0.2, 0.25) is 11.7 Å². The third kappa shape index (κ3) is 5.18. The number of carbonyl (C=O) groups excluding carboxylic acids is 2. The molecule has 1 heterocycles. The lowest BCUT2D eigenvalue weighted by Gasteiger charge is -2.16. The molecule has 3 rings (SSSR count). The van der Waals surface area contributed by atoms with Crippen molar-refractivity contribution in [1.29, 1.82) is 0 Å². The van der Waals surface area contributed by atoms with Gasteiger partial charge in [0, 0.05) is 23.9 Å². The van der Waals surface area contributed by atoms with Gasteiger partial charge in [-0.2, -0.15) is 5.10 Å². The van der Waals surface area contributed by atoms with Gasteiger partial charge in [0.25, 0.3) is 5.91 Å². The first-order valence-electron chi connectivity index (χ1n) is 9.94. The van der Waals surface area contributed by atoms with Gasteiger partial charge >= 0.3 is 0 Å². The number of aromatic nitrogens is 2. The lowest BCUT2D eigenvalue weighted by molar-refractivity contribution is -0.122. The van der Waals surface area contributed by atoms with Crippen LogP contribution in [0.25, 0.3) is 5.69 Å². The zero-order chi connectivity index (χ0) is 23.1. The van der Waals surface area contributed by atoms with E-state index in [1.165, 1.54) is 33.5 Å². The number of rotatable bonds is 9. The predicted molar refractivity (Wildman–Crippen MR) is 118 cm³/mol. The Balaban J connectivity index is 1.60. The molecule has 0 aliphatic carbocycles. The van der Waals surface area contributed by atoms with Crippen molar-refractivity contribution in [2.24, 2.45) is 0 Å². The topological polar surface area (TPSA) is 104 Å². The maximum absolute atomic E-state index is 12.7. The summed E-state index contributed by atoms with van der Waals surface area (Å²) in [6.07, 6.45) is 3.53. The van der Waals surface area contributed by atoms with Crippen LogP contribution in [0.3, 0.4) is 0 Å². The summed E-state index contributed by atoms with van der Waals surface area (Å²) in [4.78, 5) is 25.2. The van der Waals surface area contributed by atoms with Crippen molar-refractivity contribution in [2.75, 3.05) is 21.3 Å². The molecule has 2 N–H and O–H groups in total. The van der Waals surface area contributed by atoms with E-state index >= 15 is 0 Å². The van der Waals surface area contributed by atoms with Crippen LogP contribution in [0.1, 0.15) is 22.8 Å². The van der Waals surface area contributed by atoms with Crippen molar-refractivity contribution in [1.82, 2.24) is 20.4 Å². The van der Waals surface area contributed by atoms with Crippen LogP contribution in [0.15, 0.2) is 54.9 Å². The summed E-state index contributed by atoms with van der Waals surface area (Å²) in [5, 5.41) is 9.79. The van der Waals surface area contributed by atoms with Crippen LogP contribution >= 0.6 is 0 Å². The first kappa shape index (κ1) is 22.7. The van der Waals surface area contributed by atoms with Gasteiger partial charge in [0.05, 0.1) is 33.2 Å².